The minimum atomic E-state index is 0.0888. The molecule has 2 heterocycles. The Bertz CT molecular complexity index is 696. The molecule has 0 N–H and O–H groups in total. The number of piperidine rings is 1. The molecule has 7 heteroatoms. The van der Waals surface area contributed by atoms with Crippen molar-refractivity contribution in [2.75, 3.05) is 13.1 Å². The highest BCUT2D eigenvalue weighted by atomic mass is 127. The Morgan fingerprint density at radius 2 is 2.14 bits per heavy atom. The molecular weight excluding hydrogens is 461 g/mol. The van der Waals surface area contributed by atoms with E-state index in [1.165, 1.54) is 0 Å². The van der Waals surface area contributed by atoms with E-state index in [0.29, 0.717) is 24.8 Å². The summed E-state index contributed by atoms with van der Waals surface area (Å²) in [5.74, 6) is 1.71. The molecule has 1 saturated heterocycles. The molecule has 0 saturated carbocycles. The van der Waals surface area contributed by atoms with E-state index in [1.54, 1.807) is 0 Å². The van der Waals surface area contributed by atoms with Crippen LogP contribution in [0.1, 0.15) is 40.8 Å². The number of hydrogen-bond donors (Lipinski definition) is 0. The monoisotopic (exact) mass is 475 g/mol. The SMILES string of the molecule is Cc1noc(C2CCN(C(=O)c3cc(Br)ccc3I)CC2)n1. The van der Waals surface area contributed by atoms with Gasteiger partial charge in [0.1, 0.15) is 0 Å². The first-order valence-electron chi connectivity index (χ1n) is 7.09. The highest BCUT2D eigenvalue weighted by Gasteiger charge is 2.28. The van der Waals surface area contributed by atoms with E-state index in [4.69, 9.17) is 4.52 Å². The number of carbonyl (C=O) groups is 1. The van der Waals surface area contributed by atoms with Crippen molar-refractivity contribution in [3.8, 4) is 0 Å². The zero-order valence-corrected chi connectivity index (χ0v) is 15.8. The quantitative estimate of drug-likeness (QED) is 0.620. The van der Waals surface area contributed by atoms with Crippen LogP contribution in [0.2, 0.25) is 0 Å². The molecule has 1 aliphatic heterocycles. The van der Waals surface area contributed by atoms with E-state index in [2.05, 4.69) is 48.7 Å². The Hall–Kier alpha value is -0.960. The summed E-state index contributed by atoms with van der Waals surface area (Å²) in [6, 6.07) is 5.78. The Kier molecular flexibility index (Phi) is 4.82. The van der Waals surface area contributed by atoms with Crippen molar-refractivity contribution in [2.45, 2.75) is 25.7 Å². The molecule has 1 aromatic heterocycles. The molecule has 5 nitrogen and oxygen atoms in total. The average molecular weight is 476 g/mol. The van der Waals surface area contributed by atoms with E-state index in [9.17, 15) is 4.79 Å². The van der Waals surface area contributed by atoms with Crippen molar-refractivity contribution in [1.29, 1.82) is 0 Å². The summed E-state index contributed by atoms with van der Waals surface area (Å²) in [4.78, 5) is 18.9. The first-order valence-corrected chi connectivity index (χ1v) is 8.96. The van der Waals surface area contributed by atoms with Crippen LogP contribution in [0, 0.1) is 10.5 Å². The van der Waals surface area contributed by atoms with Crippen molar-refractivity contribution >= 4 is 44.4 Å². The number of hydrogen-bond acceptors (Lipinski definition) is 4. The van der Waals surface area contributed by atoms with Crippen molar-refractivity contribution in [3.63, 3.8) is 0 Å². The molecule has 1 aromatic carbocycles. The van der Waals surface area contributed by atoms with Crippen molar-refractivity contribution in [3.05, 3.63) is 43.5 Å². The van der Waals surface area contributed by atoms with Gasteiger partial charge in [-0.1, -0.05) is 21.1 Å². The Morgan fingerprint density at radius 3 is 2.77 bits per heavy atom. The van der Waals surface area contributed by atoms with Crippen LogP contribution in [0.3, 0.4) is 0 Å². The van der Waals surface area contributed by atoms with Gasteiger partial charge in [0.05, 0.1) is 5.56 Å². The Morgan fingerprint density at radius 1 is 1.41 bits per heavy atom. The first-order chi connectivity index (χ1) is 10.5. The lowest BCUT2D eigenvalue weighted by Crippen LogP contribution is -2.38. The first kappa shape index (κ1) is 15.9. The van der Waals surface area contributed by atoms with Crippen molar-refractivity contribution in [1.82, 2.24) is 15.0 Å². The second kappa shape index (κ2) is 6.66. The Labute approximate surface area is 150 Å². The number of likely N-dealkylation sites (tertiary alicyclic amines) is 1. The topological polar surface area (TPSA) is 59.2 Å². The third-order valence-electron chi connectivity index (χ3n) is 3.83. The molecule has 2 aromatic rings. The molecule has 1 amide bonds. The van der Waals surface area contributed by atoms with Crippen LogP contribution >= 0.6 is 38.5 Å². The van der Waals surface area contributed by atoms with Gasteiger partial charge in [-0.2, -0.15) is 4.98 Å². The molecule has 0 bridgehead atoms. The van der Waals surface area contributed by atoms with E-state index < -0.39 is 0 Å². The number of nitrogens with zero attached hydrogens (tertiary/aromatic N) is 3. The zero-order valence-electron chi connectivity index (χ0n) is 12.1. The van der Waals surface area contributed by atoms with E-state index in [1.807, 2.05) is 30.0 Å². The number of halogens is 2. The van der Waals surface area contributed by atoms with Gasteiger partial charge in [-0.3, -0.25) is 4.79 Å². The van der Waals surface area contributed by atoms with Crippen LogP contribution in [-0.2, 0) is 0 Å². The standard InChI is InChI=1S/C15H15BrIN3O2/c1-9-18-14(22-19-9)10-4-6-20(7-5-10)15(21)12-8-11(16)2-3-13(12)17/h2-3,8,10H,4-7H2,1H3. The lowest BCUT2D eigenvalue weighted by Gasteiger charge is -2.30. The molecule has 0 spiro atoms. The summed E-state index contributed by atoms with van der Waals surface area (Å²) >= 11 is 5.63. The van der Waals surface area contributed by atoms with Crippen LogP contribution in [0.4, 0.5) is 0 Å². The van der Waals surface area contributed by atoms with Crippen LogP contribution in [0.5, 0.6) is 0 Å². The molecule has 0 atom stereocenters. The zero-order chi connectivity index (χ0) is 15.7. The summed E-state index contributed by atoms with van der Waals surface area (Å²) in [5, 5.41) is 3.84. The Balaban J connectivity index is 1.68. The largest absolute Gasteiger partial charge is 0.339 e. The number of aryl methyl sites for hydroxylation is 1. The summed E-state index contributed by atoms with van der Waals surface area (Å²) in [6.45, 7) is 3.25. The van der Waals surface area contributed by atoms with Gasteiger partial charge in [0, 0.05) is 27.1 Å². The van der Waals surface area contributed by atoms with Gasteiger partial charge in [0.15, 0.2) is 5.82 Å². The number of carbonyl (C=O) groups excluding carboxylic acids is 1. The number of aromatic nitrogens is 2. The number of rotatable bonds is 2. The third kappa shape index (κ3) is 3.34. The summed E-state index contributed by atoms with van der Waals surface area (Å²) in [6.07, 6.45) is 1.72. The van der Waals surface area contributed by atoms with Crippen LogP contribution < -0.4 is 0 Å². The summed E-state index contributed by atoms with van der Waals surface area (Å²) in [7, 11) is 0. The molecular formula is C15H15BrIN3O2. The maximum absolute atomic E-state index is 12.7. The normalized spacial score (nSPS) is 16.0. The molecule has 0 aliphatic carbocycles. The average Bonchev–Trinajstić information content (AvgIpc) is 2.96. The van der Waals surface area contributed by atoms with Gasteiger partial charge in [-0.15, -0.1) is 0 Å². The molecule has 1 fully saturated rings. The number of benzene rings is 1. The second-order valence-electron chi connectivity index (χ2n) is 5.37. The minimum Gasteiger partial charge on any atom is -0.339 e. The lowest BCUT2D eigenvalue weighted by atomic mass is 9.96. The fraction of sp³-hybridized carbons (Fsp3) is 0.400. The molecule has 1 aliphatic rings. The minimum absolute atomic E-state index is 0.0888. The predicted molar refractivity (Wildman–Crippen MR) is 93.8 cm³/mol. The van der Waals surface area contributed by atoms with E-state index >= 15 is 0 Å². The van der Waals surface area contributed by atoms with Crippen LogP contribution in [0.25, 0.3) is 0 Å². The van der Waals surface area contributed by atoms with E-state index in [-0.39, 0.29) is 11.8 Å². The molecule has 22 heavy (non-hydrogen) atoms. The summed E-state index contributed by atoms with van der Waals surface area (Å²) < 4.78 is 7.14. The number of amides is 1. The fourth-order valence-electron chi connectivity index (χ4n) is 2.64. The van der Waals surface area contributed by atoms with Gasteiger partial charge in [-0.25, -0.2) is 0 Å². The molecule has 116 valence electrons. The predicted octanol–water partition coefficient (Wildman–Crippen LogP) is 3.76. The smallest absolute Gasteiger partial charge is 0.254 e. The van der Waals surface area contributed by atoms with Gasteiger partial charge in [0.2, 0.25) is 5.89 Å². The second-order valence-corrected chi connectivity index (χ2v) is 7.45. The lowest BCUT2D eigenvalue weighted by molar-refractivity contribution is 0.0703. The highest BCUT2D eigenvalue weighted by Crippen LogP contribution is 2.28. The molecule has 0 unspecified atom stereocenters. The van der Waals surface area contributed by atoms with Gasteiger partial charge in [0.25, 0.3) is 5.91 Å². The molecule has 0 radical (unpaired) electrons. The van der Waals surface area contributed by atoms with Crippen LogP contribution in [0.15, 0.2) is 27.2 Å². The summed E-state index contributed by atoms with van der Waals surface area (Å²) in [5.41, 5.74) is 0.752. The van der Waals surface area contributed by atoms with Crippen LogP contribution in [-0.4, -0.2) is 34.0 Å². The van der Waals surface area contributed by atoms with Gasteiger partial charge in [-0.05, 0) is 60.6 Å². The fourth-order valence-corrected chi connectivity index (χ4v) is 3.57. The third-order valence-corrected chi connectivity index (χ3v) is 5.27. The highest BCUT2D eigenvalue weighted by molar-refractivity contribution is 14.1. The van der Waals surface area contributed by atoms with Gasteiger partial charge < -0.3 is 9.42 Å². The van der Waals surface area contributed by atoms with Crippen molar-refractivity contribution in [2.24, 2.45) is 0 Å². The maximum Gasteiger partial charge on any atom is 0.254 e. The van der Waals surface area contributed by atoms with Crippen molar-refractivity contribution < 1.29 is 9.32 Å². The maximum atomic E-state index is 12.7. The van der Waals surface area contributed by atoms with Gasteiger partial charge >= 0.3 is 0 Å². The van der Waals surface area contributed by atoms with E-state index in [0.717, 1.165) is 26.4 Å². The molecule has 3 rings (SSSR count).